The first-order chi connectivity index (χ1) is 11.4. The second-order valence-electron chi connectivity index (χ2n) is 7.17. The van der Waals surface area contributed by atoms with E-state index in [0.717, 1.165) is 24.5 Å². The van der Waals surface area contributed by atoms with Crippen LogP contribution in [0.4, 0.5) is 5.13 Å². The number of hydrogen-bond acceptors (Lipinski definition) is 4. The van der Waals surface area contributed by atoms with Crippen molar-refractivity contribution in [2.75, 3.05) is 6.61 Å². The lowest BCUT2D eigenvalue weighted by atomic mass is 9.96. The van der Waals surface area contributed by atoms with E-state index < -0.39 is 0 Å². The highest BCUT2D eigenvalue weighted by Crippen LogP contribution is 2.71. The Kier molecular flexibility index (Phi) is 3.35. The molecule has 0 amide bonds. The highest BCUT2D eigenvalue weighted by molar-refractivity contribution is 7.15. The van der Waals surface area contributed by atoms with Gasteiger partial charge in [-0.05, 0) is 29.9 Å². The van der Waals surface area contributed by atoms with Gasteiger partial charge in [0, 0.05) is 22.8 Å². The van der Waals surface area contributed by atoms with Crippen molar-refractivity contribution < 1.29 is 4.74 Å². The van der Waals surface area contributed by atoms with Crippen LogP contribution >= 0.6 is 11.3 Å². The van der Waals surface area contributed by atoms with E-state index in [9.17, 15) is 0 Å². The van der Waals surface area contributed by atoms with E-state index in [0.29, 0.717) is 17.0 Å². The van der Waals surface area contributed by atoms with Crippen molar-refractivity contribution in [2.24, 2.45) is 21.9 Å². The minimum Gasteiger partial charge on any atom is -0.493 e. The fourth-order valence-electron chi connectivity index (χ4n) is 4.11. The van der Waals surface area contributed by atoms with Crippen LogP contribution in [0.3, 0.4) is 0 Å². The van der Waals surface area contributed by atoms with Gasteiger partial charge in [-0.1, -0.05) is 37.3 Å². The summed E-state index contributed by atoms with van der Waals surface area (Å²) in [7, 11) is 0. The van der Waals surface area contributed by atoms with Gasteiger partial charge in [0.05, 0.1) is 12.3 Å². The van der Waals surface area contributed by atoms with Gasteiger partial charge < -0.3 is 16.2 Å². The minimum atomic E-state index is 0.0555. The molecule has 2 heterocycles. The zero-order valence-corrected chi connectivity index (χ0v) is 15.0. The predicted octanol–water partition coefficient (Wildman–Crippen LogP) is 3.20. The fraction of sp³-hybridized carbons (Fsp3) is 0.444. The molecule has 5 nitrogen and oxygen atoms in total. The molecule has 4 rings (SSSR count). The highest BCUT2D eigenvalue weighted by atomic mass is 32.1. The molecule has 0 spiro atoms. The predicted molar refractivity (Wildman–Crippen MR) is 97.2 cm³/mol. The Bertz CT molecular complexity index is 836. The monoisotopic (exact) mass is 342 g/mol. The summed E-state index contributed by atoms with van der Waals surface area (Å²) < 4.78 is 5.74. The summed E-state index contributed by atoms with van der Waals surface area (Å²) in [6.07, 6.45) is 1.00. The van der Waals surface area contributed by atoms with Gasteiger partial charge in [-0.3, -0.25) is 0 Å². The van der Waals surface area contributed by atoms with Gasteiger partial charge in [-0.25, -0.2) is 4.98 Å². The third kappa shape index (κ3) is 2.28. The maximum absolute atomic E-state index is 5.74. The minimum absolute atomic E-state index is 0.0555. The van der Waals surface area contributed by atoms with Crippen molar-refractivity contribution in [3.05, 3.63) is 39.9 Å². The molecule has 1 aliphatic carbocycles. The number of nitrogens with zero attached hydrogens (tertiary/aromatic N) is 2. The Labute approximate surface area is 145 Å². The van der Waals surface area contributed by atoms with Crippen LogP contribution in [0.15, 0.2) is 23.2 Å². The van der Waals surface area contributed by atoms with Gasteiger partial charge in [0.1, 0.15) is 5.75 Å². The first-order valence-electron chi connectivity index (χ1n) is 8.21. The number of aryl methyl sites for hydroxylation is 1. The number of rotatable bonds is 3. The van der Waals surface area contributed by atoms with Crippen LogP contribution in [0, 0.1) is 12.3 Å². The van der Waals surface area contributed by atoms with Crippen LogP contribution in [0.25, 0.3) is 0 Å². The molecule has 126 valence electrons. The van der Waals surface area contributed by atoms with Crippen molar-refractivity contribution in [3.8, 4) is 5.75 Å². The Morgan fingerprint density at radius 1 is 1.33 bits per heavy atom. The maximum Gasteiger partial charge on any atom is 0.212 e. The standard InChI is InChI=1S/C18H22N4OS/c1-9-15(21-17(24-9)22-16(19)20)14-13(18(14,2)3)11-5-4-6-12-10(11)7-8-23-12/h4-6,13-14H,7-8H2,1-3H3,(H4,19,20,21,22)/t13-,14+/m1/s1. The second-order valence-corrected chi connectivity index (χ2v) is 8.36. The van der Waals surface area contributed by atoms with Crippen LogP contribution in [0.2, 0.25) is 0 Å². The van der Waals surface area contributed by atoms with E-state index in [2.05, 4.69) is 44.0 Å². The number of guanidine groups is 1. The molecule has 6 heteroatoms. The molecule has 0 unspecified atom stereocenters. The molecule has 1 fully saturated rings. The molecular formula is C18H22N4OS. The Morgan fingerprint density at radius 3 is 2.88 bits per heavy atom. The van der Waals surface area contributed by atoms with Gasteiger partial charge >= 0.3 is 0 Å². The molecule has 0 radical (unpaired) electrons. The summed E-state index contributed by atoms with van der Waals surface area (Å²) in [6, 6.07) is 6.42. The molecule has 1 aliphatic heterocycles. The molecule has 1 saturated carbocycles. The van der Waals surface area contributed by atoms with Crippen molar-refractivity contribution in [1.82, 2.24) is 4.98 Å². The Morgan fingerprint density at radius 2 is 2.12 bits per heavy atom. The van der Waals surface area contributed by atoms with Crippen LogP contribution in [-0.4, -0.2) is 17.6 Å². The van der Waals surface area contributed by atoms with Crippen LogP contribution in [-0.2, 0) is 6.42 Å². The largest absolute Gasteiger partial charge is 0.493 e. The summed E-state index contributed by atoms with van der Waals surface area (Å²) in [6.45, 7) is 7.52. The van der Waals surface area contributed by atoms with Crippen LogP contribution in [0.5, 0.6) is 5.75 Å². The van der Waals surface area contributed by atoms with E-state index in [-0.39, 0.29) is 11.4 Å². The smallest absolute Gasteiger partial charge is 0.212 e. The van der Waals surface area contributed by atoms with E-state index >= 15 is 0 Å². The van der Waals surface area contributed by atoms with Crippen molar-refractivity contribution in [1.29, 1.82) is 0 Å². The lowest BCUT2D eigenvalue weighted by Crippen LogP contribution is -2.21. The Balaban J connectivity index is 1.72. The summed E-state index contributed by atoms with van der Waals surface area (Å²) in [5.41, 5.74) is 15.1. The molecule has 2 atom stereocenters. The van der Waals surface area contributed by atoms with Gasteiger partial charge in [-0.15, -0.1) is 0 Å². The third-order valence-corrected chi connectivity index (χ3v) is 6.16. The van der Waals surface area contributed by atoms with Crippen LogP contribution in [0.1, 0.15) is 47.4 Å². The zero-order chi connectivity index (χ0) is 17.1. The highest BCUT2D eigenvalue weighted by Gasteiger charge is 2.61. The molecule has 2 aliphatic rings. The van der Waals surface area contributed by atoms with Crippen molar-refractivity contribution in [2.45, 2.75) is 39.0 Å². The molecule has 4 N–H and O–H groups in total. The van der Waals surface area contributed by atoms with Gasteiger partial charge in [0.15, 0.2) is 5.96 Å². The number of hydrogen-bond donors (Lipinski definition) is 2. The maximum atomic E-state index is 5.74. The number of aromatic nitrogens is 1. The van der Waals surface area contributed by atoms with E-state index in [1.807, 2.05) is 0 Å². The Hall–Kier alpha value is -2.08. The summed E-state index contributed by atoms with van der Waals surface area (Å²) in [4.78, 5) is 10.0. The SMILES string of the molecule is Cc1sc(N=C(N)N)nc1[C@@H]1[C@@H](c2cccc3c2CCO3)C1(C)C. The number of aliphatic imine (C=N–C) groups is 1. The second kappa shape index (κ2) is 5.21. The molecule has 1 aromatic carbocycles. The quantitative estimate of drug-likeness (QED) is 0.662. The lowest BCUT2D eigenvalue weighted by Gasteiger charge is -2.08. The van der Waals surface area contributed by atoms with Gasteiger partial charge in [0.25, 0.3) is 0 Å². The third-order valence-electron chi connectivity index (χ3n) is 5.28. The van der Waals surface area contributed by atoms with Crippen LogP contribution < -0.4 is 16.2 Å². The van der Waals surface area contributed by atoms with E-state index in [1.165, 1.54) is 16.0 Å². The molecule has 0 bridgehead atoms. The summed E-state index contributed by atoms with van der Waals surface area (Å²) >= 11 is 1.55. The molecule has 0 saturated heterocycles. The number of nitrogens with two attached hydrogens (primary N) is 2. The van der Waals surface area contributed by atoms with E-state index in [4.69, 9.17) is 21.2 Å². The number of ether oxygens (including phenoxy) is 1. The van der Waals surface area contributed by atoms with E-state index in [1.54, 1.807) is 11.3 Å². The zero-order valence-electron chi connectivity index (χ0n) is 14.2. The first-order valence-corrected chi connectivity index (χ1v) is 9.02. The van der Waals surface area contributed by atoms with Gasteiger partial charge in [-0.2, -0.15) is 4.99 Å². The lowest BCUT2D eigenvalue weighted by molar-refractivity contribution is 0.357. The molecule has 2 aromatic rings. The number of thiazole rings is 1. The fourth-order valence-corrected chi connectivity index (χ4v) is 4.95. The van der Waals surface area contributed by atoms with Crippen molar-refractivity contribution in [3.63, 3.8) is 0 Å². The molecular weight excluding hydrogens is 320 g/mol. The topological polar surface area (TPSA) is 86.5 Å². The number of benzene rings is 1. The average Bonchev–Trinajstić information content (AvgIpc) is 2.86. The number of fused-ring (bicyclic) bond motifs is 1. The first kappa shape index (κ1) is 15.4. The summed E-state index contributed by atoms with van der Waals surface area (Å²) in [5.74, 6) is 1.95. The average molecular weight is 342 g/mol. The molecule has 1 aromatic heterocycles. The van der Waals surface area contributed by atoms with Gasteiger partial charge in [0.2, 0.25) is 5.13 Å². The normalized spacial score (nSPS) is 23.5. The van der Waals surface area contributed by atoms with Crippen molar-refractivity contribution >= 4 is 22.4 Å². The molecule has 24 heavy (non-hydrogen) atoms. The summed E-state index contributed by atoms with van der Waals surface area (Å²) in [5, 5.41) is 0.644.